The van der Waals surface area contributed by atoms with Crippen LogP contribution in [-0.2, 0) is 17.0 Å². The number of halogens is 1. The summed E-state index contributed by atoms with van der Waals surface area (Å²) in [5.74, 6) is 0.881. The normalized spacial score (nSPS) is 12.4. The van der Waals surface area contributed by atoms with E-state index in [9.17, 15) is 12.3 Å². The zero-order valence-corrected chi connectivity index (χ0v) is 10.2. The van der Waals surface area contributed by atoms with Crippen LogP contribution in [0.15, 0.2) is 12.4 Å². The van der Waals surface area contributed by atoms with Gasteiger partial charge >= 0.3 is 10.4 Å². The molecule has 0 N–H and O–H groups in total. The van der Waals surface area contributed by atoms with Gasteiger partial charge in [0.05, 0.1) is 0 Å². The Morgan fingerprint density at radius 1 is 1.38 bits per heavy atom. The lowest BCUT2D eigenvalue weighted by Crippen LogP contribution is -2.22. The van der Waals surface area contributed by atoms with Crippen LogP contribution >= 0.6 is 0 Å². The Morgan fingerprint density at radius 3 is 2.25 bits per heavy atom. The maximum atomic E-state index is 12.5. The molecule has 16 heavy (non-hydrogen) atoms. The van der Waals surface area contributed by atoms with Gasteiger partial charge in [-0.3, -0.25) is 0 Å². The fourth-order valence-electron chi connectivity index (χ4n) is 1.08. The van der Waals surface area contributed by atoms with Crippen LogP contribution in [0.1, 0.15) is 31.2 Å². The lowest BCUT2D eigenvalue weighted by Gasteiger charge is -2.11. The molecule has 5 nitrogen and oxygen atoms in total. The van der Waals surface area contributed by atoms with E-state index in [1.807, 2.05) is 13.8 Å². The van der Waals surface area contributed by atoms with Gasteiger partial charge in [-0.2, -0.15) is 12.7 Å². The van der Waals surface area contributed by atoms with Gasteiger partial charge in [-0.25, -0.2) is 9.97 Å². The lowest BCUT2D eigenvalue weighted by atomic mass is 10.2. The Bertz CT molecular complexity index is 444. The van der Waals surface area contributed by atoms with E-state index >= 15 is 0 Å². The number of hydrogen-bond donors (Lipinski definition) is 0. The van der Waals surface area contributed by atoms with Crippen LogP contribution in [-0.4, -0.2) is 29.7 Å². The summed E-state index contributed by atoms with van der Waals surface area (Å²) >= 11 is 0. The summed E-state index contributed by atoms with van der Waals surface area (Å²) < 4.78 is 34.2. The van der Waals surface area contributed by atoms with Gasteiger partial charge in [-0.05, 0) is 0 Å². The van der Waals surface area contributed by atoms with E-state index in [1.54, 1.807) is 0 Å². The first-order chi connectivity index (χ1) is 7.30. The molecule has 0 aromatic carbocycles. The van der Waals surface area contributed by atoms with Gasteiger partial charge in [0.25, 0.3) is 0 Å². The summed E-state index contributed by atoms with van der Waals surface area (Å²) in [6, 6.07) is 0. The third-order valence-electron chi connectivity index (χ3n) is 2.02. The van der Waals surface area contributed by atoms with E-state index in [2.05, 4.69) is 9.97 Å². The predicted octanol–water partition coefficient (Wildman–Crippen LogP) is 1.25. The first-order valence-electron chi connectivity index (χ1n) is 4.77. The molecule has 0 radical (unpaired) electrons. The molecule has 0 aliphatic carbocycles. The quantitative estimate of drug-likeness (QED) is 0.751. The topological polar surface area (TPSA) is 63.2 Å². The molecule has 0 fully saturated rings. The number of nitrogens with zero attached hydrogens (tertiary/aromatic N) is 3. The van der Waals surface area contributed by atoms with Crippen molar-refractivity contribution in [3.05, 3.63) is 23.8 Å². The highest BCUT2D eigenvalue weighted by molar-refractivity contribution is 7.83. The standard InChI is InChI=1S/C9H14FN3O2S/c1-7(2)9-11-4-8(5-12-9)6-13(3)16(10,14)15/h4-5,7H,6H2,1-3H3. The Balaban J connectivity index is 2.77. The second-order valence-corrected chi connectivity index (χ2v) is 5.25. The van der Waals surface area contributed by atoms with Crippen molar-refractivity contribution < 1.29 is 12.3 Å². The van der Waals surface area contributed by atoms with Crippen LogP contribution in [0.2, 0.25) is 0 Å². The van der Waals surface area contributed by atoms with Gasteiger partial charge in [-0.15, -0.1) is 0 Å². The number of rotatable bonds is 4. The van der Waals surface area contributed by atoms with Gasteiger partial charge in [0.15, 0.2) is 0 Å². The SMILES string of the molecule is CC(C)c1ncc(CN(C)S(=O)(=O)F)cn1. The van der Waals surface area contributed by atoms with Crippen LogP contribution in [0.5, 0.6) is 0 Å². The van der Waals surface area contributed by atoms with Gasteiger partial charge in [0.1, 0.15) is 5.82 Å². The first kappa shape index (κ1) is 13.0. The van der Waals surface area contributed by atoms with Crippen LogP contribution in [0.3, 0.4) is 0 Å². The van der Waals surface area contributed by atoms with Crippen molar-refractivity contribution in [3.8, 4) is 0 Å². The van der Waals surface area contributed by atoms with Crippen molar-refractivity contribution in [2.45, 2.75) is 26.3 Å². The first-order valence-corrected chi connectivity index (χ1v) is 6.11. The largest absolute Gasteiger partial charge is 0.374 e. The lowest BCUT2D eigenvalue weighted by molar-refractivity contribution is 0.428. The summed E-state index contributed by atoms with van der Waals surface area (Å²) in [6.07, 6.45) is 3.01. The van der Waals surface area contributed by atoms with Crippen molar-refractivity contribution in [1.29, 1.82) is 0 Å². The van der Waals surface area contributed by atoms with Crippen molar-refractivity contribution in [2.24, 2.45) is 0 Å². The van der Waals surface area contributed by atoms with Gasteiger partial charge < -0.3 is 0 Å². The van der Waals surface area contributed by atoms with E-state index in [1.165, 1.54) is 12.4 Å². The van der Waals surface area contributed by atoms with Crippen molar-refractivity contribution in [1.82, 2.24) is 14.3 Å². The molecule has 1 aromatic rings. The number of hydrogen-bond acceptors (Lipinski definition) is 4. The van der Waals surface area contributed by atoms with Gasteiger partial charge in [-0.1, -0.05) is 17.7 Å². The third-order valence-corrected chi connectivity index (χ3v) is 2.89. The van der Waals surface area contributed by atoms with E-state index in [4.69, 9.17) is 0 Å². The molecule has 90 valence electrons. The second-order valence-electron chi connectivity index (χ2n) is 3.80. The average Bonchev–Trinajstić information content (AvgIpc) is 2.17. The Hall–Kier alpha value is -1.08. The maximum absolute atomic E-state index is 12.5. The fraction of sp³-hybridized carbons (Fsp3) is 0.556. The van der Waals surface area contributed by atoms with E-state index < -0.39 is 10.4 Å². The molecule has 0 aliphatic heterocycles. The molecule has 0 atom stereocenters. The monoisotopic (exact) mass is 247 g/mol. The molecule has 1 rings (SSSR count). The van der Waals surface area contributed by atoms with Crippen LogP contribution < -0.4 is 0 Å². The molecule has 0 saturated heterocycles. The van der Waals surface area contributed by atoms with Gasteiger partial charge in [0, 0.05) is 37.5 Å². The second kappa shape index (κ2) is 4.84. The smallest absolute Gasteiger partial charge is 0.241 e. The summed E-state index contributed by atoms with van der Waals surface area (Å²) in [7, 11) is -3.49. The summed E-state index contributed by atoms with van der Waals surface area (Å²) in [4.78, 5) is 8.12. The minimum Gasteiger partial charge on any atom is -0.241 e. The molecule has 0 spiro atoms. The van der Waals surface area contributed by atoms with Gasteiger partial charge in [0.2, 0.25) is 0 Å². The zero-order chi connectivity index (χ0) is 12.3. The highest BCUT2D eigenvalue weighted by Gasteiger charge is 2.16. The predicted molar refractivity (Wildman–Crippen MR) is 57.6 cm³/mol. The molecule has 0 saturated carbocycles. The highest BCUT2D eigenvalue weighted by Crippen LogP contribution is 2.10. The number of aromatic nitrogens is 2. The molecule has 0 aliphatic rings. The fourth-order valence-corrected chi connectivity index (χ4v) is 1.38. The molecule has 0 unspecified atom stereocenters. The van der Waals surface area contributed by atoms with Crippen LogP contribution in [0, 0.1) is 0 Å². The summed E-state index contributed by atoms with van der Waals surface area (Å²) in [6.45, 7) is 3.83. The van der Waals surface area contributed by atoms with Crippen LogP contribution in [0.4, 0.5) is 3.89 Å². The summed E-state index contributed by atoms with van der Waals surface area (Å²) in [5.41, 5.74) is 0.549. The molecule has 1 heterocycles. The molecule has 1 aromatic heterocycles. The van der Waals surface area contributed by atoms with Crippen molar-refractivity contribution in [3.63, 3.8) is 0 Å². The maximum Gasteiger partial charge on any atom is 0.374 e. The Kier molecular flexibility index (Phi) is 3.93. The van der Waals surface area contributed by atoms with E-state index in [0.717, 1.165) is 7.05 Å². The van der Waals surface area contributed by atoms with E-state index in [0.29, 0.717) is 15.7 Å². The van der Waals surface area contributed by atoms with Crippen molar-refractivity contribution >= 4 is 10.4 Å². The minimum atomic E-state index is -4.65. The molecule has 0 amide bonds. The molecule has 0 bridgehead atoms. The summed E-state index contributed by atoms with van der Waals surface area (Å²) in [5, 5.41) is 0. The van der Waals surface area contributed by atoms with E-state index in [-0.39, 0.29) is 12.5 Å². The molecular formula is C9H14FN3O2S. The zero-order valence-electron chi connectivity index (χ0n) is 9.38. The third kappa shape index (κ3) is 3.49. The minimum absolute atomic E-state index is 0.0722. The van der Waals surface area contributed by atoms with Crippen LogP contribution in [0.25, 0.3) is 0 Å². The molecule has 7 heteroatoms. The Morgan fingerprint density at radius 2 is 1.88 bits per heavy atom. The Labute approximate surface area is 94.7 Å². The highest BCUT2D eigenvalue weighted by atomic mass is 32.3. The molecular weight excluding hydrogens is 233 g/mol. The van der Waals surface area contributed by atoms with Crippen molar-refractivity contribution in [2.75, 3.05) is 7.05 Å². The average molecular weight is 247 g/mol.